The van der Waals surface area contributed by atoms with Crippen molar-refractivity contribution in [1.82, 2.24) is 4.90 Å². The number of nitro groups is 1. The number of nitrogens with one attached hydrogen (secondary N) is 1. The van der Waals surface area contributed by atoms with E-state index in [9.17, 15) is 19.7 Å². The van der Waals surface area contributed by atoms with Crippen molar-refractivity contribution in [1.29, 1.82) is 0 Å². The van der Waals surface area contributed by atoms with Crippen molar-refractivity contribution < 1.29 is 24.4 Å². The van der Waals surface area contributed by atoms with E-state index in [-0.39, 0.29) is 29.8 Å². The van der Waals surface area contributed by atoms with Gasteiger partial charge in [-0.1, -0.05) is 0 Å². The first kappa shape index (κ1) is 18.7. The number of carboxylic acids is 1. The molecule has 0 radical (unpaired) electrons. The average Bonchev–Trinajstić information content (AvgIpc) is 3.39. The van der Waals surface area contributed by atoms with Crippen LogP contribution in [0.3, 0.4) is 0 Å². The van der Waals surface area contributed by atoms with Crippen molar-refractivity contribution in [3.63, 3.8) is 0 Å². The summed E-state index contributed by atoms with van der Waals surface area (Å²) in [6.45, 7) is 1.94. The molecule has 0 spiro atoms. The molecule has 1 aliphatic carbocycles. The van der Waals surface area contributed by atoms with Crippen LogP contribution in [0.25, 0.3) is 0 Å². The maximum absolute atomic E-state index is 12.2. The lowest BCUT2D eigenvalue weighted by Crippen LogP contribution is -2.42. The van der Waals surface area contributed by atoms with E-state index in [1.54, 1.807) is 6.92 Å². The van der Waals surface area contributed by atoms with Crippen LogP contribution >= 0.6 is 0 Å². The number of benzene rings is 1. The number of amides is 1. The summed E-state index contributed by atoms with van der Waals surface area (Å²) >= 11 is 0. The third-order valence-electron chi connectivity index (χ3n) is 4.14. The number of ether oxygens (including phenoxy) is 1. The largest absolute Gasteiger partial charge is 0.494 e. The molecule has 136 valence electrons. The first-order valence-corrected chi connectivity index (χ1v) is 7.94. The lowest BCUT2D eigenvalue weighted by molar-refractivity contribution is -0.384. The van der Waals surface area contributed by atoms with E-state index in [4.69, 9.17) is 9.84 Å². The minimum atomic E-state index is -0.913. The highest BCUT2D eigenvalue weighted by molar-refractivity contribution is 5.92. The number of carbonyl (C=O) groups is 2. The Morgan fingerprint density at radius 3 is 2.68 bits per heavy atom. The Balaban J connectivity index is 1.97. The zero-order valence-corrected chi connectivity index (χ0v) is 14.1. The number of aliphatic carboxylic acids is 1. The van der Waals surface area contributed by atoms with Crippen LogP contribution in [0, 0.1) is 10.1 Å². The second-order valence-electron chi connectivity index (χ2n) is 5.92. The third-order valence-corrected chi connectivity index (χ3v) is 4.14. The maximum Gasteiger partial charge on any atom is 0.320 e. The van der Waals surface area contributed by atoms with E-state index in [1.165, 1.54) is 25.3 Å². The van der Waals surface area contributed by atoms with Gasteiger partial charge in [-0.25, -0.2) is 0 Å². The summed E-state index contributed by atoms with van der Waals surface area (Å²) in [6, 6.07) is 3.50. The molecule has 9 heteroatoms. The summed E-state index contributed by atoms with van der Waals surface area (Å²) in [5.41, 5.74) is 0.201. The number of hydrogen-bond donors (Lipinski definition) is 2. The summed E-state index contributed by atoms with van der Waals surface area (Å²) < 4.78 is 5.07. The summed E-state index contributed by atoms with van der Waals surface area (Å²) in [7, 11) is 1.36. The number of methoxy groups -OCH3 is 1. The predicted octanol–water partition coefficient (Wildman–Crippen LogP) is 1.87. The van der Waals surface area contributed by atoms with Crippen LogP contribution in [-0.4, -0.2) is 52.5 Å². The van der Waals surface area contributed by atoms with Crippen LogP contribution < -0.4 is 10.1 Å². The van der Waals surface area contributed by atoms with Crippen molar-refractivity contribution in [2.24, 2.45) is 0 Å². The van der Waals surface area contributed by atoms with E-state index in [2.05, 4.69) is 5.32 Å². The molecule has 9 nitrogen and oxygen atoms in total. The van der Waals surface area contributed by atoms with E-state index in [0.717, 1.165) is 12.8 Å². The van der Waals surface area contributed by atoms with Gasteiger partial charge in [-0.3, -0.25) is 24.6 Å². The van der Waals surface area contributed by atoms with Crippen LogP contribution in [0.2, 0.25) is 0 Å². The van der Waals surface area contributed by atoms with Gasteiger partial charge in [0.1, 0.15) is 11.8 Å². The van der Waals surface area contributed by atoms with E-state index >= 15 is 0 Å². The topological polar surface area (TPSA) is 122 Å². The normalized spacial score (nSPS) is 14.8. The van der Waals surface area contributed by atoms with Gasteiger partial charge in [-0.05, 0) is 25.8 Å². The lowest BCUT2D eigenvalue weighted by Gasteiger charge is -2.25. The molecular weight excluding hydrogens is 330 g/mol. The lowest BCUT2D eigenvalue weighted by atomic mass is 10.2. The zero-order chi connectivity index (χ0) is 18.6. The van der Waals surface area contributed by atoms with Crippen molar-refractivity contribution >= 4 is 23.3 Å². The highest BCUT2D eigenvalue weighted by atomic mass is 16.6. The van der Waals surface area contributed by atoms with Crippen LogP contribution in [0.4, 0.5) is 11.4 Å². The number of anilines is 1. The van der Waals surface area contributed by atoms with Gasteiger partial charge in [-0.15, -0.1) is 0 Å². The molecule has 0 saturated heterocycles. The number of carbonyl (C=O) groups excluding carboxylic acids is 1. The standard InChI is InChI=1S/C16H21N3O6/c1-10(16(21)22)18(11-3-4-11)8-7-15(20)17-13-6-5-12(19(23)24)9-14(13)25-2/h5-6,9-11H,3-4,7-8H2,1-2H3,(H,17,20)(H,21,22). The second kappa shape index (κ2) is 7.93. The van der Waals surface area contributed by atoms with Crippen LogP contribution in [0.5, 0.6) is 5.75 Å². The molecule has 2 rings (SSSR count). The Morgan fingerprint density at radius 1 is 1.48 bits per heavy atom. The first-order chi connectivity index (χ1) is 11.8. The molecule has 1 unspecified atom stereocenters. The maximum atomic E-state index is 12.2. The zero-order valence-electron chi connectivity index (χ0n) is 14.1. The molecule has 1 aliphatic rings. The second-order valence-corrected chi connectivity index (χ2v) is 5.92. The molecule has 1 saturated carbocycles. The smallest absolute Gasteiger partial charge is 0.320 e. The monoisotopic (exact) mass is 351 g/mol. The van der Waals surface area contributed by atoms with Crippen LogP contribution in [-0.2, 0) is 9.59 Å². The molecule has 1 amide bonds. The molecule has 0 aromatic heterocycles. The summed E-state index contributed by atoms with van der Waals surface area (Å²) in [6.07, 6.45) is 2.00. The Hall–Kier alpha value is -2.68. The highest BCUT2D eigenvalue weighted by Gasteiger charge is 2.34. The molecule has 1 aromatic carbocycles. The summed E-state index contributed by atoms with van der Waals surface area (Å²) in [5.74, 6) is -1.03. The number of non-ortho nitro benzene ring substituents is 1. The van der Waals surface area contributed by atoms with Gasteiger partial charge in [-0.2, -0.15) is 0 Å². The van der Waals surface area contributed by atoms with Crippen molar-refractivity contribution in [2.45, 2.75) is 38.3 Å². The van der Waals surface area contributed by atoms with Gasteiger partial charge in [0.2, 0.25) is 5.91 Å². The molecule has 1 aromatic rings. The summed E-state index contributed by atoms with van der Waals surface area (Å²) in [5, 5.41) is 22.6. The Bertz CT molecular complexity index is 674. The van der Waals surface area contributed by atoms with Gasteiger partial charge in [0.05, 0.1) is 23.8 Å². The minimum Gasteiger partial charge on any atom is -0.494 e. The predicted molar refractivity (Wildman–Crippen MR) is 89.7 cm³/mol. The fourth-order valence-electron chi connectivity index (χ4n) is 2.58. The molecule has 25 heavy (non-hydrogen) atoms. The Labute approximate surface area is 144 Å². The number of rotatable bonds is 9. The Morgan fingerprint density at radius 2 is 2.16 bits per heavy atom. The van der Waals surface area contributed by atoms with Gasteiger partial charge in [0.15, 0.2) is 0 Å². The van der Waals surface area contributed by atoms with Gasteiger partial charge in [0.25, 0.3) is 5.69 Å². The Kier molecular flexibility index (Phi) is 5.92. The fraction of sp³-hybridized carbons (Fsp3) is 0.500. The highest BCUT2D eigenvalue weighted by Crippen LogP contribution is 2.30. The number of carboxylic acid groups (broad SMARTS) is 1. The van der Waals surface area contributed by atoms with Crippen molar-refractivity contribution in [3.8, 4) is 5.75 Å². The molecule has 1 atom stereocenters. The molecular formula is C16H21N3O6. The minimum absolute atomic E-state index is 0.119. The molecule has 0 heterocycles. The van der Waals surface area contributed by atoms with E-state index in [0.29, 0.717) is 12.2 Å². The molecule has 0 bridgehead atoms. The SMILES string of the molecule is COc1cc([N+](=O)[O-])ccc1NC(=O)CCN(C1CC1)C(C)C(=O)O. The van der Waals surface area contributed by atoms with Gasteiger partial charge < -0.3 is 15.2 Å². The fourth-order valence-corrected chi connectivity index (χ4v) is 2.58. The number of nitrogens with zero attached hydrogens (tertiary/aromatic N) is 2. The van der Waals surface area contributed by atoms with Crippen molar-refractivity contribution in [3.05, 3.63) is 28.3 Å². The van der Waals surface area contributed by atoms with Crippen molar-refractivity contribution in [2.75, 3.05) is 19.0 Å². The van der Waals surface area contributed by atoms with Gasteiger partial charge in [0, 0.05) is 25.1 Å². The first-order valence-electron chi connectivity index (χ1n) is 7.94. The molecule has 2 N–H and O–H groups in total. The molecule has 1 fully saturated rings. The number of hydrogen-bond acceptors (Lipinski definition) is 6. The quantitative estimate of drug-likeness (QED) is 0.514. The van der Waals surface area contributed by atoms with Gasteiger partial charge >= 0.3 is 5.97 Å². The van der Waals surface area contributed by atoms with Crippen LogP contribution in [0.1, 0.15) is 26.2 Å². The number of nitro benzene ring substituents is 1. The van der Waals surface area contributed by atoms with Crippen LogP contribution in [0.15, 0.2) is 18.2 Å². The van der Waals surface area contributed by atoms with E-state index < -0.39 is 16.9 Å². The average molecular weight is 351 g/mol. The third kappa shape index (κ3) is 4.90. The molecule has 0 aliphatic heterocycles. The summed E-state index contributed by atoms with van der Waals surface area (Å²) in [4.78, 5) is 35.4. The van der Waals surface area contributed by atoms with E-state index in [1.807, 2.05) is 4.90 Å².